The third-order valence-corrected chi connectivity index (χ3v) is 2.18. The van der Waals surface area contributed by atoms with Crippen LogP contribution in [-0.4, -0.2) is 27.4 Å². The Balaban J connectivity index is 2.50. The maximum Gasteiger partial charge on any atom is 0.573 e. The van der Waals surface area contributed by atoms with Crippen LogP contribution in [0.2, 0.25) is 0 Å². The average Bonchev–Trinajstić information content (AvgIpc) is 2.70. The number of ether oxygens (including phenoxy) is 1. The van der Waals surface area contributed by atoms with E-state index >= 15 is 0 Å². The van der Waals surface area contributed by atoms with Gasteiger partial charge in [0, 0.05) is 17.7 Å². The molecule has 0 fully saturated rings. The molecule has 1 aromatic carbocycles. The molecule has 0 amide bonds. The maximum atomic E-state index is 12.3. The Morgan fingerprint density at radius 1 is 1.42 bits per heavy atom. The summed E-state index contributed by atoms with van der Waals surface area (Å²) in [5.74, 6) is -1.78. The van der Waals surface area contributed by atoms with Crippen LogP contribution in [-0.2, 0) is 4.79 Å². The number of H-pyrrole nitrogens is 1. The number of hydrogen-bond donors (Lipinski definition) is 2. The Morgan fingerprint density at radius 2 is 2.16 bits per heavy atom. The first kappa shape index (κ1) is 12.9. The number of carboxylic acids is 1. The quantitative estimate of drug-likeness (QED) is 0.842. The number of halogens is 3. The number of alkyl halides is 3. The normalized spacial score (nSPS) is 12.2. The Bertz CT molecular complexity index is 646. The molecule has 19 heavy (non-hydrogen) atoms. The number of aromatic amines is 1. The van der Waals surface area contributed by atoms with Crippen LogP contribution in [0, 0.1) is 0 Å². The van der Waals surface area contributed by atoms with Gasteiger partial charge in [0.15, 0.2) is 0 Å². The van der Waals surface area contributed by atoms with Gasteiger partial charge in [-0.25, -0.2) is 9.78 Å². The van der Waals surface area contributed by atoms with Gasteiger partial charge >= 0.3 is 12.3 Å². The van der Waals surface area contributed by atoms with Crippen molar-refractivity contribution in [1.29, 1.82) is 0 Å². The summed E-state index contributed by atoms with van der Waals surface area (Å²) in [6.45, 7) is 0. The van der Waals surface area contributed by atoms with Crippen molar-refractivity contribution in [1.82, 2.24) is 9.97 Å². The first-order chi connectivity index (χ1) is 8.85. The zero-order chi connectivity index (χ0) is 14.0. The zero-order valence-electron chi connectivity index (χ0n) is 9.23. The van der Waals surface area contributed by atoms with Gasteiger partial charge in [-0.1, -0.05) is 0 Å². The van der Waals surface area contributed by atoms with Gasteiger partial charge in [-0.05, 0) is 12.1 Å². The Hall–Kier alpha value is -2.51. The SMILES string of the molecule is O=C(O)C=Cc1cc2[nH]cnc2cc1OC(F)(F)F. The third-order valence-electron chi connectivity index (χ3n) is 2.18. The highest BCUT2D eigenvalue weighted by Crippen LogP contribution is 2.30. The van der Waals surface area contributed by atoms with Gasteiger partial charge in [-0.2, -0.15) is 0 Å². The molecule has 0 bridgehead atoms. The lowest BCUT2D eigenvalue weighted by molar-refractivity contribution is -0.274. The molecule has 0 saturated heterocycles. The Labute approximate surface area is 104 Å². The lowest BCUT2D eigenvalue weighted by Crippen LogP contribution is -2.17. The van der Waals surface area contributed by atoms with Crippen LogP contribution in [0.3, 0.4) is 0 Å². The summed E-state index contributed by atoms with van der Waals surface area (Å²) < 4.78 is 40.6. The smallest absolute Gasteiger partial charge is 0.478 e. The van der Waals surface area contributed by atoms with E-state index in [1.807, 2.05) is 0 Å². The highest BCUT2D eigenvalue weighted by molar-refractivity contribution is 5.88. The Morgan fingerprint density at radius 3 is 2.79 bits per heavy atom. The summed E-state index contributed by atoms with van der Waals surface area (Å²) in [5, 5.41) is 8.50. The van der Waals surface area contributed by atoms with Crippen molar-refractivity contribution < 1.29 is 27.8 Å². The number of nitrogens with zero attached hydrogens (tertiary/aromatic N) is 1. The molecule has 5 nitrogen and oxygen atoms in total. The lowest BCUT2D eigenvalue weighted by atomic mass is 10.1. The van der Waals surface area contributed by atoms with E-state index in [2.05, 4.69) is 14.7 Å². The predicted octanol–water partition coefficient (Wildman–Crippen LogP) is 2.56. The second kappa shape index (κ2) is 4.63. The predicted molar refractivity (Wildman–Crippen MR) is 59.4 cm³/mol. The van der Waals surface area contributed by atoms with Gasteiger partial charge in [0.1, 0.15) is 5.75 Å². The van der Waals surface area contributed by atoms with Gasteiger partial charge in [0.05, 0.1) is 17.4 Å². The molecule has 0 saturated carbocycles. The van der Waals surface area contributed by atoms with Crippen LogP contribution in [0.5, 0.6) is 5.75 Å². The molecule has 2 rings (SSSR count). The van der Waals surface area contributed by atoms with Crippen molar-refractivity contribution in [2.45, 2.75) is 6.36 Å². The average molecular weight is 272 g/mol. The molecule has 0 aliphatic rings. The molecule has 100 valence electrons. The van der Waals surface area contributed by atoms with Crippen LogP contribution in [0.25, 0.3) is 17.1 Å². The first-order valence-corrected chi connectivity index (χ1v) is 4.99. The van der Waals surface area contributed by atoms with E-state index in [4.69, 9.17) is 5.11 Å². The minimum Gasteiger partial charge on any atom is -0.478 e. The number of imidazole rings is 1. The van der Waals surface area contributed by atoms with E-state index in [1.165, 1.54) is 12.4 Å². The molecular weight excluding hydrogens is 265 g/mol. The summed E-state index contributed by atoms with van der Waals surface area (Å²) in [4.78, 5) is 16.9. The number of benzene rings is 1. The molecule has 2 N–H and O–H groups in total. The highest BCUT2D eigenvalue weighted by Gasteiger charge is 2.32. The molecule has 2 aromatic rings. The summed E-state index contributed by atoms with van der Waals surface area (Å²) in [5.41, 5.74) is 0.739. The van der Waals surface area contributed by atoms with Gasteiger partial charge in [-0.15, -0.1) is 13.2 Å². The topological polar surface area (TPSA) is 75.2 Å². The second-order valence-corrected chi connectivity index (χ2v) is 3.53. The molecule has 1 heterocycles. The minimum absolute atomic E-state index is 0.0172. The Kier molecular flexibility index (Phi) is 3.16. The fourth-order valence-corrected chi connectivity index (χ4v) is 1.48. The van der Waals surface area contributed by atoms with Crippen LogP contribution < -0.4 is 4.74 Å². The number of rotatable bonds is 3. The van der Waals surface area contributed by atoms with E-state index in [1.54, 1.807) is 0 Å². The second-order valence-electron chi connectivity index (χ2n) is 3.53. The highest BCUT2D eigenvalue weighted by atomic mass is 19.4. The molecule has 0 aliphatic heterocycles. The van der Waals surface area contributed by atoms with E-state index in [-0.39, 0.29) is 11.1 Å². The van der Waals surface area contributed by atoms with E-state index in [0.717, 1.165) is 18.2 Å². The monoisotopic (exact) mass is 272 g/mol. The van der Waals surface area contributed by atoms with Crippen molar-refractivity contribution in [2.24, 2.45) is 0 Å². The van der Waals surface area contributed by atoms with Gasteiger partial charge in [0.2, 0.25) is 0 Å². The van der Waals surface area contributed by atoms with E-state index in [9.17, 15) is 18.0 Å². The lowest BCUT2D eigenvalue weighted by Gasteiger charge is -2.11. The molecule has 8 heteroatoms. The fraction of sp³-hybridized carbons (Fsp3) is 0.0909. The molecule has 0 aliphatic carbocycles. The first-order valence-electron chi connectivity index (χ1n) is 4.99. The number of fused-ring (bicyclic) bond motifs is 1. The number of aliphatic carboxylic acids is 1. The van der Waals surface area contributed by atoms with E-state index < -0.39 is 18.1 Å². The molecule has 0 atom stereocenters. The minimum atomic E-state index is -4.87. The van der Waals surface area contributed by atoms with Crippen LogP contribution in [0.1, 0.15) is 5.56 Å². The molecule has 0 unspecified atom stereocenters. The summed E-state index contributed by atoms with van der Waals surface area (Å²) in [7, 11) is 0. The number of aromatic nitrogens is 2. The molecule has 0 radical (unpaired) electrons. The van der Waals surface area contributed by atoms with Gasteiger partial charge in [-0.3, -0.25) is 0 Å². The van der Waals surface area contributed by atoms with Crippen LogP contribution in [0.4, 0.5) is 13.2 Å². The largest absolute Gasteiger partial charge is 0.573 e. The summed E-state index contributed by atoms with van der Waals surface area (Å²) in [6, 6.07) is 2.41. The van der Waals surface area contributed by atoms with Crippen molar-refractivity contribution >= 4 is 23.1 Å². The number of nitrogens with one attached hydrogen (secondary N) is 1. The summed E-state index contributed by atoms with van der Waals surface area (Å²) >= 11 is 0. The van der Waals surface area contributed by atoms with Crippen molar-refractivity contribution in [3.05, 3.63) is 30.1 Å². The standard InChI is InChI=1S/C11H7F3N2O3/c12-11(13,14)19-9-4-8-7(15-5-16-8)3-6(9)1-2-10(17)18/h1-5H,(H,15,16)(H,17,18). The number of carboxylic acid groups (broad SMARTS) is 1. The summed E-state index contributed by atoms with van der Waals surface area (Å²) in [6.07, 6.45) is -1.81. The van der Waals surface area contributed by atoms with Crippen LogP contribution >= 0.6 is 0 Å². The number of hydrogen-bond acceptors (Lipinski definition) is 3. The zero-order valence-corrected chi connectivity index (χ0v) is 9.23. The molecule has 0 spiro atoms. The van der Waals surface area contributed by atoms with Crippen LogP contribution in [0.15, 0.2) is 24.5 Å². The maximum absolute atomic E-state index is 12.3. The van der Waals surface area contributed by atoms with Gasteiger partial charge < -0.3 is 14.8 Å². The number of carbonyl (C=O) groups is 1. The van der Waals surface area contributed by atoms with Crippen molar-refractivity contribution in [3.8, 4) is 5.75 Å². The van der Waals surface area contributed by atoms with E-state index in [0.29, 0.717) is 5.52 Å². The van der Waals surface area contributed by atoms with Gasteiger partial charge in [0.25, 0.3) is 0 Å². The van der Waals surface area contributed by atoms with Crippen molar-refractivity contribution in [3.63, 3.8) is 0 Å². The van der Waals surface area contributed by atoms with Crippen molar-refractivity contribution in [2.75, 3.05) is 0 Å². The molecule has 1 aromatic heterocycles. The fourth-order valence-electron chi connectivity index (χ4n) is 1.48. The molecular formula is C11H7F3N2O3. The third kappa shape index (κ3) is 3.24.